The van der Waals surface area contributed by atoms with Gasteiger partial charge in [0.2, 0.25) is 0 Å². The number of ether oxygens (including phenoxy) is 1. The van der Waals surface area contributed by atoms with Crippen LogP contribution in [0, 0.1) is 0 Å². The Labute approximate surface area is 83.9 Å². The molecule has 3 nitrogen and oxygen atoms in total. The summed E-state index contributed by atoms with van der Waals surface area (Å²) in [6, 6.07) is 6.97. The molecule has 0 heterocycles. The molecule has 0 fully saturated rings. The number of carbonyl (C=O) groups is 1. The standard InChI is InChI=1S/C11H15NO2/c1-3-8-6-4-5-7-9(8)10(12)11(13)14-2/h4-7,10H,3,12H2,1-2H3. The molecule has 0 bridgehead atoms. The lowest BCUT2D eigenvalue weighted by atomic mass is 9.99. The largest absolute Gasteiger partial charge is 0.468 e. The average molecular weight is 193 g/mol. The van der Waals surface area contributed by atoms with Crippen molar-refractivity contribution in [1.29, 1.82) is 0 Å². The third kappa shape index (κ3) is 2.12. The SMILES string of the molecule is CCc1ccccc1C(N)C(=O)OC. The highest BCUT2D eigenvalue weighted by molar-refractivity contribution is 5.77. The Balaban J connectivity index is 2.99. The van der Waals surface area contributed by atoms with E-state index in [9.17, 15) is 4.79 Å². The van der Waals surface area contributed by atoms with Gasteiger partial charge in [0, 0.05) is 0 Å². The Kier molecular flexibility index (Phi) is 3.65. The maximum absolute atomic E-state index is 11.2. The first kappa shape index (κ1) is 10.7. The van der Waals surface area contributed by atoms with E-state index in [-0.39, 0.29) is 0 Å². The van der Waals surface area contributed by atoms with E-state index in [4.69, 9.17) is 5.73 Å². The van der Waals surface area contributed by atoms with Gasteiger partial charge in [0.05, 0.1) is 7.11 Å². The third-order valence-electron chi connectivity index (χ3n) is 2.23. The second kappa shape index (κ2) is 4.77. The summed E-state index contributed by atoms with van der Waals surface area (Å²) in [7, 11) is 1.34. The van der Waals surface area contributed by atoms with Gasteiger partial charge in [-0.2, -0.15) is 0 Å². The minimum atomic E-state index is -0.670. The van der Waals surface area contributed by atoms with Gasteiger partial charge in [-0.15, -0.1) is 0 Å². The van der Waals surface area contributed by atoms with Crippen LogP contribution in [0.5, 0.6) is 0 Å². The lowest BCUT2D eigenvalue weighted by Crippen LogP contribution is -2.23. The molecule has 2 N–H and O–H groups in total. The number of rotatable bonds is 3. The third-order valence-corrected chi connectivity index (χ3v) is 2.23. The van der Waals surface area contributed by atoms with Gasteiger partial charge >= 0.3 is 5.97 Å². The highest BCUT2D eigenvalue weighted by atomic mass is 16.5. The first-order valence-corrected chi connectivity index (χ1v) is 4.62. The van der Waals surface area contributed by atoms with Gasteiger partial charge in [-0.05, 0) is 17.5 Å². The van der Waals surface area contributed by atoms with Crippen molar-refractivity contribution in [3.63, 3.8) is 0 Å². The van der Waals surface area contributed by atoms with Crippen LogP contribution in [0.1, 0.15) is 24.1 Å². The number of aryl methyl sites for hydroxylation is 1. The fourth-order valence-corrected chi connectivity index (χ4v) is 1.41. The number of nitrogens with two attached hydrogens (primary N) is 1. The van der Waals surface area contributed by atoms with Crippen molar-refractivity contribution in [1.82, 2.24) is 0 Å². The lowest BCUT2D eigenvalue weighted by Gasteiger charge is -2.13. The van der Waals surface area contributed by atoms with Gasteiger partial charge in [0.15, 0.2) is 0 Å². The van der Waals surface area contributed by atoms with E-state index in [2.05, 4.69) is 4.74 Å². The summed E-state index contributed by atoms with van der Waals surface area (Å²) in [6.45, 7) is 2.03. The molecule has 0 radical (unpaired) electrons. The van der Waals surface area contributed by atoms with Crippen molar-refractivity contribution in [3.8, 4) is 0 Å². The zero-order valence-electron chi connectivity index (χ0n) is 8.49. The van der Waals surface area contributed by atoms with Crippen molar-refractivity contribution in [2.75, 3.05) is 7.11 Å². The molecule has 0 aromatic heterocycles. The highest BCUT2D eigenvalue weighted by Crippen LogP contribution is 2.17. The predicted molar refractivity (Wildman–Crippen MR) is 54.8 cm³/mol. The quantitative estimate of drug-likeness (QED) is 0.739. The molecule has 0 amide bonds. The number of esters is 1. The highest BCUT2D eigenvalue weighted by Gasteiger charge is 2.17. The molecule has 0 aliphatic rings. The summed E-state index contributed by atoms with van der Waals surface area (Å²) in [4.78, 5) is 11.2. The predicted octanol–water partition coefficient (Wildman–Crippen LogP) is 1.42. The first-order valence-electron chi connectivity index (χ1n) is 4.62. The molecular weight excluding hydrogens is 178 g/mol. The zero-order chi connectivity index (χ0) is 10.6. The van der Waals surface area contributed by atoms with Gasteiger partial charge in [-0.3, -0.25) is 4.79 Å². The van der Waals surface area contributed by atoms with Crippen LogP contribution in [0.15, 0.2) is 24.3 Å². The average Bonchev–Trinajstić information content (AvgIpc) is 2.26. The Bertz CT molecular complexity index is 323. The first-order chi connectivity index (χ1) is 6.70. The van der Waals surface area contributed by atoms with E-state index in [1.165, 1.54) is 7.11 Å². The van der Waals surface area contributed by atoms with E-state index >= 15 is 0 Å². The van der Waals surface area contributed by atoms with E-state index in [1.54, 1.807) is 0 Å². The van der Waals surface area contributed by atoms with Crippen LogP contribution >= 0.6 is 0 Å². The Morgan fingerprint density at radius 1 is 1.50 bits per heavy atom. The summed E-state index contributed by atoms with van der Waals surface area (Å²) in [5.74, 6) is -0.397. The number of methoxy groups -OCH3 is 1. The van der Waals surface area contributed by atoms with Crippen molar-refractivity contribution in [3.05, 3.63) is 35.4 Å². The van der Waals surface area contributed by atoms with E-state index in [0.29, 0.717) is 0 Å². The fourth-order valence-electron chi connectivity index (χ4n) is 1.41. The van der Waals surface area contributed by atoms with Crippen molar-refractivity contribution in [2.45, 2.75) is 19.4 Å². The fraction of sp³-hybridized carbons (Fsp3) is 0.364. The second-order valence-electron chi connectivity index (χ2n) is 3.05. The lowest BCUT2D eigenvalue weighted by molar-refractivity contribution is -0.142. The van der Waals surface area contributed by atoms with Crippen LogP contribution in [-0.2, 0) is 16.0 Å². The van der Waals surface area contributed by atoms with Crippen LogP contribution in [0.2, 0.25) is 0 Å². The molecule has 0 aliphatic heterocycles. The number of hydrogen-bond donors (Lipinski definition) is 1. The summed E-state index contributed by atoms with van der Waals surface area (Å²) in [5.41, 5.74) is 7.69. The molecule has 14 heavy (non-hydrogen) atoms. The molecule has 0 saturated carbocycles. The minimum absolute atomic E-state index is 0.397. The Morgan fingerprint density at radius 2 is 2.14 bits per heavy atom. The van der Waals surface area contributed by atoms with E-state index in [1.807, 2.05) is 31.2 Å². The normalized spacial score (nSPS) is 12.2. The van der Waals surface area contributed by atoms with Crippen LogP contribution in [-0.4, -0.2) is 13.1 Å². The molecule has 0 saturated heterocycles. The zero-order valence-corrected chi connectivity index (χ0v) is 8.49. The molecule has 1 aromatic rings. The van der Waals surface area contributed by atoms with E-state index in [0.717, 1.165) is 17.5 Å². The van der Waals surface area contributed by atoms with Gasteiger partial charge in [-0.25, -0.2) is 0 Å². The number of hydrogen-bond acceptors (Lipinski definition) is 3. The van der Waals surface area contributed by atoms with Crippen molar-refractivity contribution < 1.29 is 9.53 Å². The molecule has 1 atom stereocenters. The summed E-state index contributed by atoms with van der Waals surface area (Å²) in [5, 5.41) is 0. The maximum atomic E-state index is 11.2. The topological polar surface area (TPSA) is 52.3 Å². The number of carbonyl (C=O) groups excluding carboxylic acids is 1. The van der Waals surface area contributed by atoms with Gasteiger partial charge in [0.25, 0.3) is 0 Å². The molecule has 1 rings (SSSR count). The molecule has 3 heteroatoms. The molecule has 1 unspecified atom stereocenters. The van der Waals surface area contributed by atoms with Gasteiger partial charge in [-0.1, -0.05) is 31.2 Å². The molecule has 76 valence electrons. The Morgan fingerprint density at radius 3 is 2.71 bits per heavy atom. The Hall–Kier alpha value is -1.35. The van der Waals surface area contributed by atoms with E-state index < -0.39 is 12.0 Å². The van der Waals surface area contributed by atoms with Crippen molar-refractivity contribution in [2.24, 2.45) is 5.73 Å². The molecular formula is C11H15NO2. The molecule has 0 spiro atoms. The second-order valence-corrected chi connectivity index (χ2v) is 3.05. The van der Waals surface area contributed by atoms with Crippen molar-refractivity contribution >= 4 is 5.97 Å². The van der Waals surface area contributed by atoms with Crippen LogP contribution in [0.25, 0.3) is 0 Å². The van der Waals surface area contributed by atoms with Crippen LogP contribution in [0.4, 0.5) is 0 Å². The van der Waals surface area contributed by atoms with Gasteiger partial charge < -0.3 is 10.5 Å². The van der Waals surface area contributed by atoms with Crippen LogP contribution in [0.3, 0.4) is 0 Å². The summed E-state index contributed by atoms with van der Waals surface area (Å²) >= 11 is 0. The molecule has 0 aliphatic carbocycles. The smallest absolute Gasteiger partial charge is 0.327 e. The van der Waals surface area contributed by atoms with Gasteiger partial charge in [0.1, 0.15) is 6.04 Å². The maximum Gasteiger partial charge on any atom is 0.327 e. The van der Waals surface area contributed by atoms with Crippen LogP contribution < -0.4 is 5.73 Å². The summed E-state index contributed by atoms with van der Waals surface area (Å²) in [6.07, 6.45) is 0.862. The summed E-state index contributed by atoms with van der Waals surface area (Å²) < 4.78 is 4.60. The monoisotopic (exact) mass is 193 g/mol. The number of benzene rings is 1. The minimum Gasteiger partial charge on any atom is -0.468 e. The molecule has 1 aromatic carbocycles.